The smallest absolute Gasteiger partial charge is 0.353 e. The predicted molar refractivity (Wildman–Crippen MR) is 66.7 cm³/mol. The van der Waals surface area contributed by atoms with E-state index in [1.54, 1.807) is 6.92 Å². The van der Waals surface area contributed by atoms with Crippen LogP contribution in [0.5, 0.6) is 0 Å². The fraction of sp³-hybridized carbons (Fsp3) is 0.833. The number of hydrogen-bond acceptors (Lipinski definition) is 3. The summed E-state index contributed by atoms with van der Waals surface area (Å²) in [6.45, 7) is 2.73. The van der Waals surface area contributed by atoms with E-state index in [4.69, 9.17) is 5.73 Å². The van der Waals surface area contributed by atoms with Gasteiger partial charge < -0.3 is 16.0 Å². The number of carbonyl (C=O) groups excluding carboxylic acids is 2. The Morgan fingerprint density at radius 3 is 2.20 bits per heavy atom. The van der Waals surface area contributed by atoms with Crippen molar-refractivity contribution in [3.05, 3.63) is 0 Å². The first-order valence-corrected chi connectivity index (χ1v) is 6.54. The summed E-state index contributed by atoms with van der Waals surface area (Å²) in [6, 6.07) is -0.0959. The average molecular weight is 295 g/mol. The normalized spacial score (nSPS) is 20.4. The molecular weight excluding hydrogens is 275 g/mol. The van der Waals surface area contributed by atoms with Crippen LogP contribution in [0.15, 0.2) is 0 Å². The van der Waals surface area contributed by atoms with Crippen LogP contribution < -0.4 is 11.1 Å². The lowest BCUT2D eigenvalue weighted by atomic mass is 9.98. The third kappa shape index (κ3) is 3.62. The summed E-state index contributed by atoms with van der Waals surface area (Å²) in [7, 11) is 0. The number of likely N-dealkylation sites (tertiary alicyclic amines) is 1. The van der Waals surface area contributed by atoms with Crippen LogP contribution in [0.3, 0.4) is 0 Å². The van der Waals surface area contributed by atoms with E-state index in [9.17, 15) is 22.8 Å². The highest BCUT2D eigenvalue weighted by Crippen LogP contribution is 2.30. The van der Waals surface area contributed by atoms with Gasteiger partial charge in [0.15, 0.2) is 5.54 Å². The van der Waals surface area contributed by atoms with Gasteiger partial charge in [-0.15, -0.1) is 0 Å². The number of carbonyl (C=O) groups is 2. The van der Waals surface area contributed by atoms with E-state index >= 15 is 0 Å². The minimum absolute atomic E-state index is 0.0959. The number of hydrogen-bond donors (Lipinski definition) is 2. The third-order valence-corrected chi connectivity index (χ3v) is 3.50. The van der Waals surface area contributed by atoms with Crippen LogP contribution >= 0.6 is 0 Å². The van der Waals surface area contributed by atoms with Crippen LogP contribution in [0, 0.1) is 0 Å². The second-order valence-electron chi connectivity index (χ2n) is 5.19. The monoisotopic (exact) mass is 295 g/mol. The van der Waals surface area contributed by atoms with Crippen LogP contribution in [-0.4, -0.2) is 47.6 Å². The van der Waals surface area contributed by atoms with Gasteiger partial charge in [0.2, 0.25) is 5.91 Å². The van der Waals surface area contributed by atoms with E-state index in [0.717, 1.165) is 4.90 Å². The number of nitrogens with two attached hydrogens (primary N) is 1. The quantitative estimate of drug-likeness (QED) is 0.808. The molecule has 1 fully saturated rings. The second kappa shape index (κ2) is 5.99. The van der Waals surface area contributed by atoms with Gasteiger partial charge in [-0.1, -0.05) is 6.92 Å². The molecule has 0 radical (unpaired) electrons. The standard InChI is InChI=1S/C12H20F3N3O2/c1-3-9(19)17-8-4-6-18(7-5-8)10(20)11(2,16)12(13,14)15/h8H,3-7,16H2,1-2H3,(H,17,19). The lowest BCUT2D eigenvalue weighted by Crippen LogP contribution is -2.63. The molecule has 1 atom stereocenters. The van der Waals surface area contributed by atoms with Gasteiger partial charge in [-0.3, -0.25) is 9.59 Å². The molecule has 3 N–H and O–H groups in total. The molecule has 0 aromatic carbocycles. The summed E-state index contributed by atoms with van der Waals surface area (Å²) in [5.41, 5.74) is 2.25. The Morgan fingerprint density at radius 2 is 1.80 bits per heavy atom. The molecule has 0 spiro atoms. The summed E-state index contributed by atoms with van der Waals surface area (Å²) < 4.78 is 38.1. The highest BCUT2D eigenvalue weighted by Gasteiger charge is 2.55. The zero-order valence-electron chi connectivity index (χ0n) is 11.6. The SMILES string of the molecule is CCC(=O)NC1CCN(C(=O)C(C)(N)C(F)(F)F)CC1. The van der Waals surface area contributed by atoms with Crippen LogP contribution in [0.2, 0.25) is 0 Å². The van der Waals surface area contributed by atoms with Gasteiger partial charge >= 0.3 is 6.18 Å². The van der Waals surface area contributed by atoms with Gasteiger partial charge in [0.05, 0.1) is 0 Å². The highest BCUT2D eigenvalue weighted by atomic mass is 19.4. The van der Waals surface area contributed by atoms with Crippen LogP contribution in [0.4, 0.5) is 13.2 Å². The van der Waals surface area contributed by atoms with Gasteiger partial charge in [0.25, 0.3) is 5.91 Å². The molecule has 116 valence electrons. The van der Waals surface area contributed by atoms with Crippen molar-refractivity contribution in [2.24, 2.45) is 5.73 Å². The van der Waals surface area contributed by atoms with Gasteiger partial charge in [0, 0.05) is 25.6 Å². The number of amides is 2. The molecule has 0 aromatic rings. The van der Waals surface area contributed by atoms with Gasteiger partial charge in [-0.25, -0.2) is 0 Å². The van der Waals surface area contributed by atoms with E-state index in [0.29, 0.717) is 26.2 Å². The van der Waals surface area contributed by atoms with Crippen molar-refractivity contribution in [1.82, 2.24) is 10.2 Å². The van der Waals surface area contributed by atoms with E-state index in [1.165, 1.54) is 0 Å². The molecule has 5 nitrogen and oxygen atoms in total. The molecule has 1 aliphatic rings. The summed E-state index contributed by atoms with van der Waals surface area (Å²) >= 11 is 0. The van der Waals surface area contributed by atoms with Gasteiger partial charge in [0.1, 0.15) is 0 Å². The van der Waals surface area contributed by atoms with E-state index in [1.807, 2.05) is 0 Å². The predicted octanol–water partition coefficient (Wildman–Crippen LogP) is 0.783. The molecule has 0 saturated carbocycles. The molecule has 2 amide bonds. The molecule has 0 bridgehead atoms. The summed E-state index contributed by atoms with van der Waals surface area (Å²) in [5, 5.41) is 2.77. The number of rotatable bonds is 3. The molecule has 1 heterocycles. The van der Waals surface area contributed by atoms with Crippen LogP contribution in [0.1, 0.15) is 33.1 Å². The third-order valence-electron chi connectivity index (χ3n) is 3.50. The fourth-order valence-corrected chi connectivity index (χ4v) is 2.01. The summed E-state index contributed by atoms with van der Waals surface area (Å²) in [4.78, 5) is 24.2. The maximum absolute atomic E-state index is 12.7. The molecule has 1 saturated heterocycles. The van der Waals surface area contributed by atoms with Gasteiger partial charge in [-0.05, 0) is 19.8 Å². The molecule has 1 rings (SSSR count). The van der Waals surface area contributed by atoms with Crippen molar-refractivity contribution in [3.8, 4) is 0 Å². The van der Waals surface area contributed by atoms with E-state index in [2.05, 4.69) is 5.32 Å². The highest BCUT2D eigenvalue weighted by molar-refractivity contribution is 5.86. The maximum atomic E-state index is 12.7. The summed E-state index contributed by atoms with van der Waals surface area (Å²) in [6.07, 6.45) is -3.55. The van der Waals surface area contributed by atoms with E-state index < -0.39 is 17.6 Å². The van der Waals surface area contributed by atoms with Crippen molar-refractivity contribution in [1.29, 1.82) is 0 Å². The Kier molecular flexibility index (Phi) is 5.01. The Bertz CT molecular complexity index is 375. The lowest BCUT2D eigenvalue weighted by molar-refractivity contribution is -0.194. The average Bonchev–Trinajstić information content (AvgIpc) is 2.37. The van der Waals surface area contributed by atoms with Crippen molar-refractivity contribution >= 4 is 11.8 Å². The zero-order chi connectivity index (χ0) is 15.6. The second-order valence-corrected chi connectivity index (χ2v) is 5.19. The van der Waals surface area contributed by atoms with Crippen molar-refractivity contribution in [2.45, 2.75) is 50.9 Å². The molecule has 0 aliphatic carbocycles. The van der Waals surface area contributed by atoms with Crippen LogP contribution in [-0.2, 0) is 9.59 Å². The number of halogens is 3. The summed E-state index contributed by atoms with van der Waals surface area (Å²) in [5.74, 6) is -1.22. The Labute approximate surface area is 115 Å². The largest absolute Gasteiger partial charge is 0.415 e. The van der Waals surface area contributed by atoms with Crippen molar-refractivity contribution in [2.75, 3.05) is 13.1 Å². The zero-order valence-corrected chi connectivity index (χ0v) is 11.6. The lowest BCUT2D eigenvalue weighted by Gasteiger charge is -2.37. The number of piperidine rings is 1. The van der Waals surface area contributed by atoms with Crippen molar-refractivity contribution < 1.29 is 22.8 Å². The number of nitrogens with one attached hydrogen (secondary N) is 1. The molecule has 1 unspecified atom stereocenters. The first-order chi connectivity index (χ1) is 9.09. The Morgan fingerprint density at radius 1 is 1.30 bits per heavy atom. The van der Waals surface area contributed by atoms with Crippen LogP contribution in [0.25, 0.3) is 0 Å². The molecule has 0 aromatic heterocycles. The number of nitrogens with zero attached hydrogens (tertiary/aromatic N) is 1. The minimum Gasteiger partial charge on any atom is -0.353 e. The first-order valence-electron chi connectivity index (χ1n) is 6.54. The maximum Gasteiger partial charge on any atom is 0.415 e. The topological polar surface area (TPSA) is 75.4 Å². The number of alkyl halides is 3. The van der Waals surface area contributed by atoms with Gasteiger partial charge in [-0.2, -0.15) is 13.2 Å². The first kappa shape index (κ1) is 16.7. The Balaban J connectivity index is 2.57. The molecular formula is C12H20F3N3O2. The fourth-order valence-electron chi connectivity index (χ4n) is 2.01. The molecule has 8 heteroatoms. The van der Waals surface area contributed by atoms with Crippen molar-refractivity contribution in [3.63, 3.8) is 0 Å². The molecule has 20 heavy (non-hydrogen) atoms. The van der Waals surface area contributed by atoms with E-state index in [-0.39, 0.29) is 25.0 Å². The molecule has 1 aliphatic heterocycles. The minimum atomic E-state index is -4.78. The Hall–Kier alpha value is -1.31.